The summed E-state index contributed by atoms with van der Waals surface area (Å²) in [6, 6.07) is 2.61. The molecule has 2 saturated carbocycles. The number of rotatable bonds is 12. The lowest BCUT2D eigenvalue weighted by molar-refractivity contribution is -0.131. The third-order valence-electron chi connectivity index (χ3n) is 10.3. The Morgan fingerprint density at radius 2 is 1.88 bits per heavy atom. The van der Waals surface area contributed by atoms with Crippen molar-refractivity contribution >= 4 is 50.0 Å². The first-order valence-electron chi connectivity index (χ1n) is 17.5. The van der Waals surface area contributed by atoms with Crippen LogP contribution < -0.4 is 14.2 Å². The molecule has 0 bridgehead atoms. The summed E-state index contributed by atoms with van der Waals surface area (Å²) < 4.78 is 45.1. The third kappa shape index (κ3) is 7.13. The molecule has 3 aromatic rings. The van der Waals surface area contributed by atoms with Crippen LogP contribution in [-0.2, 0) is 24.3 Å². The van der Waals surface area contributed by atoms with Crippen LogP contribution in [0.4, 0.5) is 4.79 Å². The molecule has 0 spiro atoms. The van der Waals surface area contributed by atoms with E-state index < -0.39 is 61.6 Å². The zero-order chi connectivity index (χ0) is 38.0. The van der Waals surface area contributed by atoms with Crippen molar-refractivity contribution in [3.8, 4) is 22.5 Å². The van der Waals surface area contributed by atoms with E-state index in [9.17, 15) is 22.8 Å². The van der Waals surface area contributed by atoms with Crippen molar-refractivity contribution in [3.05, 3.63) is 41.4 Å². The van der Waals surface area contributed by atoms with Crippen LogP contribution in [0.2, 0.25) is 0 Å². The Bertz CT molecular complexity index is 2050. The van der Waals surface area contributed by atoms with Crippen molar-refractivity contribution in [2.75, 3.05) is 13.7 Å². The first-order chi connectivity index (χ1) is 24.3. The van der Waals surface area contributed by atoms with E-state index in [0.29, 0.717) is 40.3 Å². The second-order valence-corrected chi connectivity index (χ2v) is 18.8. The summed E-state index contributed by atoms with van der Waals surface area (Å²) in [6.07, 6.45) is 1.19. The quantitative estimate of drug-likeness (QED) is 0.212. The number of allylic oxidation sites excluding steroid dienone is 1. The summed E-state index contributed by atoms with van der Waals surface area (Å²) in [5, 5.41) is 3.22. The van der Waals surface area contributed by atoms with Gasteiger partial charge in [-0.3, -0.25) is 19.2 Å². The van der Waals surface area contributed by atoms with E-state index in [0.717, 1.165) is 11.3 Å². The SMILES string of the molecule is C=C[C@@H]1C[C@]1(CC(=O)[C@@H]1C[C@@H](Oc2nc(-c3nc(C(C)C)cs3)nc3c(C)c(OC)ccc23)CN1C(=O)OC(C)(C)C)C(=O)NS(=O)(=O)C1(C)CC1. The number of fused-ring (bicyclic) bond motifs is 1. The van der Waals surface area contributed by atoms with Crippen LogP contribution in [-0.4, -0.2) is 82.2 Å². The number of carbonyl (C=O) groups excluding carboxylic acids is 3. The van der Waals surface area contributed by atoms with Crippen LogP contribution in [0.15, 0.2) is 30.2 Å². The summed E-state index contributed by atoms with van der Waals surface area (Å²) in [5.41, 5.74) is 0.180. The fourth-order valence-corrected chi connectivity index (χ4v) is 8.87. The zero-order valence-corrected chi connectivity index (χ0v) is 32.6. The average Bonchev–Trinajstić information content (AvgIpc) is 3.84. The topological polar surface area (TPSA) is 167 Å². The van der Waals surface area contributed by atoms with Gasteiger partial charge in [-0.1, -0.05) is 19.9 Å². The Balaban J connectivity index is 1.31. The number of thiazole rings is 1. The number of carbonyl (C=O) groups is 3. The fourth-order valence-electron chi connectivity index (χ4n) is 6.62. The van der Waals surface area contributed by atoms with Crippen molar-refractivity contribution in [2.24, 2.45) is 11.3 Å². The molecule has 4 atom stereocenters. The highest BCUT2D eigenvalue weighted by Gasteiger charge is 2.62. The van der Waals surface area contributed by atoms with Gasteiger partial charge in [0, 0.05) is 23.8 Å². The number of amides is 2. The van der Waals surface area contributed by atoms with Gasteiger partial charge in [0.2, 0.25) is 21.8 Å². The number of methoxy groups -OCH3 is 1. The lowest BCUT2D eigenvalue weighted by Gasteiger charge is -2.28. The minimum Gasteiger partial charge on any atom is -0.496 e. The number of benzene rings is 1. The summed E-state index contributed by atoms with van der Waals surface area (Å²) in [7, 11) is -2.34. The Morgan fingerprint density at radius 1 is 1.17 bits per heavy atom. The number of aryl methyl sites for hydroxylation is 1. The molecule has 0 unspecified atom stereocenters. The van der Waals surface area contributed by atoms with Crippen molar-refractivity contribution in [1.82, 2.24) is 24.6 Å². The molecule has 3 aliphatic rings. The summed E-state index contributed by atoms with van der Waals surface area (Å²) in [4.78, 5) is 57.2. The molecule has 52 heavy (non-hydrogen) atoms. The van der Waals surface area contributed by atoms with E-state index in [1.165, 1.54) is 16.2 Å². The van der Waals surface area contributed by atoms with Gasteiger partial charge in [0.05, 0.1) is 46.5 Å². The highest BCUT2D eigenvalue weighted by atomic mass is 32.2. The molecule has 1 aromatic carbocycles. The van der Waals surface area contributed by atoms with Gasteiger partial charge in [0.15, 0.2) is 16.6 Å². The van der Waals surface area contributed by atoms with Crippen LogP contribution in [0.5, 0.6) is 11.6 Å². The molecule has 3 heterocycles. The van der Waals surface area contributed by atoms with Crippen molar-refractivity contribution < 1.29 is 37.0 Å². The predicted octanol–water partition coefficient (Wildman–Crippen LogP) is 6.10. The Morgan fingerprint density at radius 3 is 2.46 bits per heavy atom. The molecule has 280 valence electrons. The van der Waals surface area contributed by atoms with Gasteiger partial charge in [-0.2, -0.15) is 4.98 Å². The molecule has 0 radical (unpaired) electrons. The van der Waals surface area contributed by atoms with Crippen LogP contribution in [0, 0.1) is 18.3 Å². The second-order valence-electron chi connectivity index (χ2n) is 15.7. The van der Waals surface area contributed by atoms with E-state index >= 15 is 0 Å². The van der Waals surface area contributed by atoms with Crippen LogP contribution in [0.25, 0.3) is 21.7 Å². The lowest BCUT2D eigenvalue weighted by atomic mass is 9.91. The number of nitrogens with one attached hydrogen (secondary N) is 1. The molecular formula is C37H47N5O8S2. The highest BCUT2D eigenvalue weighted by Crippen LogP contribution is 2.57. The largest absolute Gasteiger partial charge is 0.496 e. The summed E-state index contributed by atoms with van der Waals surface area (Å²) >= 11 is 1.43. The van der Waals surface area contributed by atoms with Crippen LogP contribution in [0.3, 0.4) is 0 Å². The van der Waals surface area contributed by atoms with Crippen LogP contribution >= 0.6 is 11.3 Å². The number of ether oxygens (including phenoxy) is 3. The Labute approximate surface area is 308 Å². The Hall–Kier alpha value is -4.11. The fraction of sp³-hybridized carbons (Fsp3) is 0.568. The molecule has 2 aliphatic carbocycles. The van der Waals surface area contributed by atoms with Crippen molar-refractivity contribution in [2.45, 2.75) is 109 Å². The zero-order valence-electron chi connectivity index (χ0n) is 30.9. The van der Waals surface area contributed by atoms with E-state index in [4.69, 9.17) is 29.2 Å². The molecular weight excluding hydrogens is 707 g/mol. The molecule has 3 fully saturated rings. The van der Waals surface area contributed by atoms with Gasteiger partial charge in [-0.25, -0.2) is 23.2 Å². The number of likely N-dealkylation sites (tertiary alicyclic amines) is 1. The number of hydrogen-bond donors (Lipinski definition) is 1. The molecule has 1 saturated heterocycles. The van der Waals surface area contributed by atoms with E-state index in [1.54, 1.807) is 40.9 Å². The maximum Gasteiger partial charge on any atom is 0.411 e. The van der Waals surface area contributed by atoms with E-state index in [-0.39, 0.29) is 37.6 Å². The monoisotopic (exact) mass is 753 g/mol. The number of Topliss-reactive ketones (excluding diaryl/α,β-unsaturated/α-hetero) is 1. The first-order valence-corrected chi connectivity index (χ1v) is 19.9. The molecule has 13 nitrogen and oxygen atoms in total. The number of hydrogen-bond acceptors (Lipinski definition) is 12. The number of aromatic nitrogens is 3. The summed E-state index contributed by atoms with van der Waals surface area (Å²) in [6.45, 7) is 16.6. The Kier molecular flexibility index (Phi) is 9.69. The number of sulfonamides is 1. The molecule has 15 heteroatoms. The number of nitrogens with zero attached hydrogens (tertiary/aromatic N) is 4. The van der Waals surface area contributed by atoms with Crippen molar-refractivity contribution in [3.63, 3.8) is 0 Å². The maximum absolute atomic E-state index is 14.2. The average molecular weight is 754 g/mol. The van der Waals surface area contributed by atoms with Gasteiger partial charge < -0.3 is 14.2 Å². The predicted molar refractivity (Wildman–Crippen MR) is 197 cm³/mol. The van der Waals surface area contributed by atoms with Gasteiger partial charge in [-0.05, 0) is 77.8 Å². The van der Waals surface area contributed by atoms with E-state index in [2.05, 4.69) is 25.1 Å². The number of ketones is 1. The van der Waals surface area contributed by atoms with Gasteiger partial charge >= 0.3 is 6.09 Å². The maximum atomic E-state index is 14.2. The molecule has 1 aliphatic heterocycles. The van der Waals surface area contributed by atoms with Gasteiger partial charge in [0.25, 0.3) is 0 Å². The molecule has 1 N–H and O–H groups in total. The highest BCUT2D eigenvalue weighted by molar-refractivity contribution is 7.91. The minimum absolute atomic E-state index is 0.00680. The lowest BCUT2D eigenvalue weighted by Crippen LogP contribution is -2.46. The first kappa shape index (κ1) is 37.6. The van der Waals surface area contributed by atoms with Crippen molar-refractivity contribution in [1.29, 1.82) is 0 Å². The second kappa shape index (κ2) is 13.4. The smallest absolute Gasteiger partial charge is 0.411 e. The molecule has 2 aromatic heterocycles. The van der Waals surface area contributed by atoms with Crippen LogP contribution in [0.1, 0.15) is 90.8 Å². The standard InChI is InChI=1S/C37H47N5O8S2/c1-10-22-16-37(22,33(44)41-52(46,47)36(8)13-14-36)17-27(43)26-15-23(18-42(26)34(45)50-35(5,6)7)49-31-24-11-12-28(48-9)21(4)29(24)39-30(40-31)32-38-25(19-51-32)20(2)3/h10-12,19-20,22-23,26H,1,13-18H2,2-9H3,(H,41,44)/t22-,23-,26+,37-/m1/s1. The van der Waals surface area contributed by atoms with Gasteiger partial charge in [-0.15, -0.1) is 17.9 Å². The molecule has 2 amide bonds. The van der Waals surface area contributed by atoms with Gasteiger partial charge in [0.1, 0.15) is 17.5 Å². The summed E-state index contributed by atoms with van der Waals surface area (Å²) in [5.74, 6) is -0.0251. The normalized spacial score (nSPS) is 23.7. The third-order valence-corrected chi connectivity index (χ3v) is 13.3. The molecule has 6 rings (SSSR count). The van der Waals surface area contributed by atoms with E-state index in [1.807, 2.05) is 24.4 Å². The minimum atomic E-state index is -3.93.